The van der Waals surface area contributed by atoms with Gasteiger partial charge in [0.1, 0.15) is 12.9 Å². The van der Waals surface area contributed by atoms with Gasteiger partial charge in [0.25, 0.3) is 0 Å². The maximum atomic E-state index is 14.7. The molecule has 8 atom stereocenters. The number of rotatable bonds is 21. The van der Waals surface area contributed by atoms with E-state index in [1.54, 1.807) is 11.1 Å². The highest BCUT2D eigenvalue weighted by molar-refractivity contribution is 7.78. The van der Waals surface area contributed by atoms with Crippen molar-refractivity contribution in [3.8, 4) is 0 Å². The molecule has 2 aromatic carbocycles. The molecule has 11 rings (SSSR count). The van der Waals surface area contributed by atoms with Gasteiger partial charge in [0.15, 0.2) is 25.0 Å². The number of aliphatic hydroxyl groups is 3. The molecule has 9 nitrogen and oxygen atoms in total. The van der Waals surface area contributed by atoms with E-state index in [2.05, 4.69) is 159 Å². The summed E-state index contributed by atoms with van der Waals surface area (Å²) in [4.78, 5) is 12.4. The largest absolute Gasteiger partial charge is 0.413 e. The summed E-state index contributed by atoms with van der Waals surface area (Å²) in [7, 11) is -8.39. The molecule has 9 aliphatic rings. The van der Waals surface area contributed by atoms with Crippen LogP contribution in [0.4, 0.5) is 0 Å². The summed E-state index contributed by atoms with van der Waals surface area (Å²) < 4.78 is 40.0. The highest BCUT2D eigenvalue weighted by Crippen LogP contribution is 2.69. The van der Waals surface area contributed by atoms with E-state index in [0.29, 0.717) is 47.5 Å². The van der Waals surface area contributed by atoms with E-state index in [1.807, 2.05) is 74.5 Å². The van der Waals surface area contributed by atoms with Crippen molar-refractivity contribution in [1.82, 2.24) is 0 Å². The van der Waals surface area contributed by atoms with E-state index < -0.39 is 49.9 Å². The van der Waals surface area contributed by atoms with Crippen LogP contribution in [0.1, 0.15) is 245 Å². The zero-order chi connectivity index (χ0) is 73.8. The highest BCUT2D eigenvalue weighted by atomic mass is 31.2. The van der Waals surface area contributed by atoms with Gasteiger partial charge in [-0.1, -0.05) is 184 Å². The minimum absolute atomic E-state index is 0. The third kappa shape index (κ3) is 21.6. The lowest BCUT2D eigenvalue weighted by Gasteiger charge is -2.45. The second-order valence-corrected chi connectivity index (χ2v) is 54.7. The van der Waals surface area contributed by atoms with Crippen molar-refractivity contribution < 1.29 is 42.7 Å². The SMILES string of the molecule is C.C1CCOC1.C=C1/C(=C\C=C2/CCC[C@]3(C)C(C4(CCCC(C)(C)O)CC4)=CCC23)CC(O)C[C@@H]1O.C=C1/C(=C\CP(=O)(c2ccccc2)c2ccccc2)CC(O[Si](C)(C)C(C)(C)C)C[C@@H]1O[Si](C)(C)C(C)(C)C.CC(C)(CCCC1(C2=CCC3C(=O)CCC[C@]23C)CC1)O[Si](C)(C)C. The summed E-state index contributed by atoms with van der Waals surface area (Å²) in [6, 6.07) is 19.8. The van der Waals surface area contributed by atoms with Crippen molar-refractivity contribution in [3.63, 3.8) is 0 Å². The normalized spacial score (nSPS) is 28.7. The van der Waals surface area contributed by atoms with Crippen molar-refractivity contribution >= 4 is 48.5 Å². The van der Waals surface area contributed by atoms with Crippen LogP contribution in [0.2, 0.25) is 55.9 Å². The van der Waals surface area contributed by atoms with Gasteiger partial charge >= 0.3 is 0 Å². The summed E-state index contributed by atoms with van der Waals surface area (Å²) in [5.74, 6) is 1.40. The molecule has 4 unspecified atom stereocenters. The standard InChI is InChI=1S/C33H51O3PSi2.C28H42O3.C22H38O2Si.C4H8O.CH4/c1-26-27(22-23-37(34,29-18-14-12-15-19-29)30-20-16-13-17-21-30)24-28(35-38(8,9)32(2,3)4)25-31(26)36-39(10,11)33(5,6)7;1-19-21(17-22(29)18-24(19)30)9-8-20-7-5-13-27(4)23(20)10-11-25(27)28(15-16-28)14-6-12-26(2,3)31;1-20(2,24-25(4,5)6)12-8-14-22(15-16-22)19-11-10-17-18(23)9-7-13-21(17,19)3;1-2-4-5-3-1;/h12-22,28,31H,1,23-25H2,2-11H3;8-9,11,22-24,29-31H,1,5-7,10,12-18H2,2-4H3;11,17H,7-10,12-16H2,1-6H3;1-4H2;1H4/b27-22-;20-8+,21-9-;;;/t28?,31-;22?,23?,24-,27-;17?,21-;;/m000../s1. The van der Waals surface area contributed by atoms with Crippen molar-refractivity contribution in [3.05, 3.63) is 143 Å². The molecular weight excluding hydrogens is 1320 g/mol. The Morgan fingerprint density at radius 3 is 1.60 bits per heavy atom. The molecule has 0 radical (unpaired) electrons. The van der Waals surface area contributed by atoms with Gasteiger partial charge in [0, 0.05) is 55.2 Å². The number of hydrogen-bond donors (Lipinski definition) is 3. The Morgan fingerprint density at radius 2 is 1.12 bits per heavy atom. The predicted molar refractivity (Wildman–Crippen MR) is 436 cm³/mol. The second kappa shape index (κ2) is 33.6. The Bertz CT molecular complexity index is 3280. The Balaban J connectivity index is 0.000000208. The number of allylic oxidation sites excluding steroid dienone is 8. The van der Waals surface area contributed by atoms with Crippen LogP contribution in [0.5, 0.6) is 0 Å². The van der Waals surface area contributed by atoms with Gasteiger partial charge in [0.2, 0.25) is 0 Å². The molecule has 0 spiro atoms. The molecule has 0 aromatic heterocycles. The topological polar surface area (TPSA) is 132 Å². The number of Topliss-reactive ketones (excluding diaryl/α,β-unsaturated/α-hetero) is 1. The molecule has 566 valence electrons. The van der Waals surface area contributed by atoms with Crippen LogP contribution < -0.4 is 10.6 Å². The fourth-order valence-corrected chi connectivity index (χ4v) is 24.6. The van der Waals surface area contributed by atoms with Crippen LogP contribution in [0.15, 0.2) is 143 Å². The molecule has 1 saturated heterocycles. The number of carbonyl (C=O) groups is 1. The van der Waals surface area contributed by atoms with Crippen LogP contribution in [-0.4, -0.2) is 101 Å². The van der Waals surface area contributed by atoms with Crippen molar-refractivity contribution in [2.45, 2.75) is 336 Å². The van der Waals surface area contributed by atoms with E-state index in [1.165, 1.54) is 82.6 Å². The fourth-order valence-electron chi connectivity index (χ4n) is 17.7. The van der Waals surface area contributed by atoms with E-state index in [0.717, 1.165) is 110 Å². The molecule has 3 N–H and O–H groups in total. The Labute approximate surface area is 619 Å². The third-order valence-corrected chi connectivity index (χ3v) is 38.7. The zero-order valence-electron chi connectivity index (χ0n) is 66.4. The average Bonchev–Trinajstić information content (AvgIpc) is 1.57. The van der Waals surface area contributed by atoms with Gasteiger partial charge in [-0.05, 0) is 268 Å². The first kappa shape index (κ1) is 85.1. The quantitative estimate of drug-likeness (QED) is 0.0635. The van der Waals surface area contributed by atoms with E-state index in [4.69, 9.17) is 18.0 Å². The van der Waals surface area contributed by atoms with E-state index >= 15 is 0 Å². The maximum absolute atomic E-state index is 14.7. The van der Waals surface area contributed by atoms with E-state index in [-0.39, 0.29) is 46.1 Å². The summed E-state index contributed by atoms with van der Waals surface area (Å²) in [5.41, 5.74) is 9.55. The molecule has 0 bridgehead atoms. The van der Waals surface area contributed by atoms with Gasteiger partial charge in [-0.15, -0.1) is 0 Å². The number of aliphatic hydroxyl groups excluding tert-OH is 2. The van der Waals surface area contributed by atoms with Gasteiger partial charge < -0.3 is 37.9 Å². The number of ketones is 1. The summed E-state index contributed by atoms with van der Waals surface area (Å²) in [6.07, 6.45) is 37.2. The maximum Gasteiger partial charge on any atom is 0.192 e. The monoisotopic (exact) mass is 1460 g/mol. The first-order valence-electron chi connectivity index (χ1n) is 39.2. The van der Waals surface area contributed by atoms with Gasteiger partial charge in [-0.3, -0.25) is 4.79 Å². The lowest BCUT2D eigenvalue weighted by atomic mass is 9.61. The van der Waals surface area contributed by atoms with Gasteiger partial charge in [-0.2, -0.15) is 0 Å². The highest BCUT2D eigenvalue weighted by Gasteiger charge is 2.59. The van der Waals surface area contributed by atoms with Crippen LogP contribution >= 0.6 is 7.14 Å². The van der Waals surface area contributed by atoms with Crippen LogP contribution in [0.25, 0.3) is 0 Å². The van der Waals surface area contributed by atoms with Gasteiger partial charge in [-0.25, -0.2) is 0 Å². The molecule has 1 aliphatic heterocycles. The average molecular weight is 1460 g/mol. The molecule has 0 amide bonds. The number of fused-ring (bicyclic) bond motifs is 2. The van der Waals surface area contributed by atoms with Gasteiger partial charge in [0.05, 0.1) is 35.6 Å². The molecule has 8 aliphatic carbocycles. The smallest absolute Gasteiger partial charge is 0.192 e. The minimum atomic E-state index is -2.87. The molecular formula is C88H143O9PSi3. The lowest BCUT2D eigenvalue weighted by Crippen LogP contribution is -2.49. The summed E-state index contributed by atoms with van der Waals surface area (Å²) in [5, 5.41) is 32.3. The number of ether oxygens (including phenoxy) is 1. The fraction of sp³-hybridized carbons (Fsp3) is 0.693. The number of benzene rings is 2. The van der Waals surface area contributed by atoms with Crippen LogP contribution in [0, 0.1) is 33.5 Å². The Kier molecular flexibility index (Phi) is 28.3. The molecule has 6 saturated carbocycles. The molecule has 101 heavy (non-hydrogen) atoms. The van der Waals surface area contributed by atoms with E-state index in [9.17, 15) is 24.7 Å². The van der Waals surface area contributed by atoms with Crippen molar-refractivity contribution in [1.29, 1.82) is 0 Å². The molecule has 2 aromatic rings. The predicted octanol–water partition coefficient (Wildman–Crippen LogP) is 22.5. The lowest BCUT2D eigenvalue weighted by molar-refractivity contribution is -0.128. The molecule has 1 heterocycles. The summed E-state index contributed by atoms with van der Waals surface area (Å²) >= 11 is 0. The number of hydrogen-bond acceptors (Lipinski definition) is 9. The Hall–Kier alpha value is -3.11. The third-order valence-electron chi connectivity index (χ3n) is 25.6. The first-order chi connectivity index (χ1) is 46.4. The zero-order valence-corrected chi connectivity index (χ0v) is 70.3. The Morgan fingerprint density at radius 1 is 0.624 bits per heavy atom. The van der Waals surface area contributed by atoms with Crippen molar-refractivity contribution in [2.24, 2.45) is 33.5 Å². The minimum Gasteiger partial charge on any atom is -0.413 e. The second-order valence-electron chi connectivity index (χ2n) is 37.9. The van der Waals surface area contributed by atoms with Crippen molar-refractivity contribution in [2.75, 3.05) is 19.4 Å². The van der Waals surface area contributed by atoms with Crippen LogP contribution in [-0.2, 0) is 27.4 Å². The summed E-state index contributed by atoms with van der Waals surface area (Å²) in [6.45, 7) is 53.7. The number of carbonyl (C=O) groups excluding carboxylic acids is 1. The first-order valence-corrected chi connectivity index (χ1v) is 50.3. The molecule has 7 fully saturated rings. The van der Waals surface area contributed by atoms with Crippen LogP contribution in [0.3, 0.4) is 0 Å². The molecule has 13 heteroatoms.